The molecule has 0 amide bonds. The number of methoxy groups -OCH3 is 1. The van der Waals surface area contributed by atoms with Gasteiger partial charge in [-0.05, 0) is 29.8 Å². The number of aromatic nitrogens is 1. The fourth-order valence-electron chi connectivity index (χ4n) is 1.88. The molecule has 3 rings (SSSR count). The van der Waals surface area contributed by atoms with Crippen molar-refractivity contribution in [1.82, 2.24) is 4.98 Å². The first-order chi connectivity index (χ1) is 9.36. The Labute approximate surface area is 116 Å². The van der Waals surface area contributed by atoms with E-state index in [1.54, 1.807) is 18.4 Å². The first-order valence-electron chi connectivity index (χ1n) is 6.02. The lowest BCUT2D eigenvalue weighted by atomic mass is 10.2. The molecule has 0 aliphatic rings. The van der Waals surface area contributed by atoms with Crippen molar-refractivity contribution in [3.8, 4) is 26.8 Å². The van der Waals surface area contributed by atoms with Crippen molar-refractivity contribution in [1.29, 1.82) is 0 Å². The van der Waals surface area contributed by atoms with Crippen LogP contribution in [0.15, 0.2) is 60.8 Å². The van der Waals surface area contributed by atoms with Crippen LogP contribution < -0.4 is 4.74 Å². The Balaban J connectivity index is 1.92. The molecule has 2 nitrogen and oxygen atoms in total. The first-order valence-corrected chi connectivity index (χ1v) is 6.84. The summed E-state index contributed by atoms with van der Waals surface area (Å²) in [4.78, 5) is 5.66. The lowest BCUT2D eigenvalue weighted by Crippen LogP contribution is -1.81. The summed E-state index contributed by atoms with van der Waals surface area (Å²) >= 11 is 1.70. The van der Waals surface area contributed by atoms with E-state index in [0.29, 0.717) is 0 Å². The third kappa shape index (κ3) is 2.51. The Kier molecular flexibility index (Phi) is 3.29. The molecule has 0 aliphatic heterocycles. The molecule has 94 valence electrons. The van der Waals surface area contributed by atoms with Crippen LogP contribution in [-0.2, 0) is 0 Å². The van der Waals surface area contributed by atoms with Gasteiger partial charge in [-0.3, -0.25) is 0 Å². The third-order valence-corrected chi connectivity index (χ3v) is 4.00. The molecule has 1 heterocycles. The summed E-state index contributed by atoms with van der Waals surface area (Å²) in [5.41, 5.74) is 2.33. The molecule has 3 aromatic rings. The fraction of sp³-hybridized carbons (Fsp3) is 0.0625. The van der Waals surface area contributed by atoms with Gasteiger partial charge in [-0.2, -0.15) is 0 Å². The Morgan fingerprint density at radius 1 is 0.895 bits per heavy atom. The summed E-state index contributed by atoms with van der Waals surface area (Å²) in [6.07, 6.45) is 1.93. The molecule has 0 fully saturated rings. The van der Waals surface area contributed by atoms with Gasteiger partial charge in [-0.15, -0.1) is 11.3 Å². The molecule has 19 heavy (non-hydrogen) atoms. The van der Waals surface area contributed by atoms with Crippen LogP contribution in [0.4, 0.5) is 0 Å². The van der Waals surface area contributed by atoms with Gasteiger partial charge in [-0.25, -0.2) is 4.98 Å². The Hall–Kier alpha value is -2.13. The SMILES string of the molecule is COc1ccc(-c2cnc(-c3ccccc3)s2)cc1. The number of thiazole rings is 1. The van der Waals surface area contributed by atoms with E-state index in [9.17, 15) is 0 Å². The van der Waals surface area contributed by atoms with E-state index >= 15 is 0 Å². The van der Waals surface area contributed by atoms with Crippen molar-refractivity contribution >= 4 is 11.3 Å². The van der Waals surface area contributed by atoms with Crippen LogP contribution >= 0.6 is 11.3 Å². The molecule has 0 N–H and O–H groups in total. The van der Waals surface area contributed by atoms with Crippen molar-refractivity contribution in [2.24, 2.45) is 0 Å². The molecule has 0 saturated carbocycles. The number of hydrogen-bond donors (Lipinski definition) is 0. The van der Waals surface area contributed by atoms with E-state index in [1.165, 1.54) is 10.4 Å². The second-order valence-corrected chi connectivity index (χ2v) is 5.15. The molecular weight excluding hydrogens is 254 g/mol. The van der Waals surface area contributed by atoms with E-state index in [-0.39, 0.29) is 0 Å². The van der Waals surface area contributed by atoms with Gasteiger partial charge in [0, 0.05) is 11.8 Å². The number of nitrogens with zero attached hydrogens (tertiary/aromatic N) is 1. The van der Waals surface area contributed by atoms with Crippen LogP contribution in [0.5, 0.6) is 5.75 Å². The highest BCUT2D eigenvalue weighted by Crippen LogP contribution is 2.32. The summed E-state index contributed by atoms with van der Waals surface area (Å²) < 4.78 is 5.17. The van der Waals surface area contributed by atoms with Crippen molar-refractivity contribution in [2.45, 2.75) is 0 Å². The van der Waals surface area contributed by atoms with E-state index in [1.807, 2.05) is 36.5 Å². The normalized spacial score (nSPS) is 10.4. The molecular formula is C16H13NOS. The predicted molar refractivity (Wildman–Crippen MR) is 79.5 cm³/mol. The Morgan fingerprint density at radius 3 is 2.32 bits per heavy atom. The van der Waals surface area contributed by atoms with E-state index in [4.69, 9.17) is 4.74 Å². The van der Waals surface area contributed by atoms with Gasteiger partial charge in [0.15, 0.2) is 0 Å². The molecule has 0 unspecified atom stereocenters. The van der Waals surface area contributed by atoms with Crippen LogP contribution in [0, 0.1) is 0 Å². The molecule has 1 aromatic heterocycles. The summed E-state index contributed by atoms with van der Waals surface area (Å²) in [5.74, 6) is 0.872. The third-order valence-electron chi connectivity index (χ3n) is 2.90. The maximum Gasteiger partial charge on any atom is 0.123 e. The molecule has 0 atom stereocenters. The zero-order valence-corrected chi connectivity index (χ0v) is 11.4. The van der Waals surface area contributed by atoms with Gasteiger partial charge in [0.1, 0.15) is 10.8 Å². The molecule has 3 heteroatoms. The van der Waals surface area contributed by atoms with E-state index < -0.39 is 0 Å². The van der Waals surface area contributed by atoms with Crippen molar-refractivity contribution in [2.75, 3.05) is 7.11 Å². The minimum Gasteiger partial charge on any atom is -0.497 e. The molecule has 0 bridgehead atoms. The van der Waals surface area contributed by atoms with Crippen LogP contribution in [-0.4, -0.2) is 12.1 Å². The highest BCUT2D eigenvalue weighted by Gasteiger charge is 2.06. The number of ether oxygens (including phenoxy) is 1. The summed E-state index contributed by atoms with van der Waals surface area (Å²) in [5, 5.41) is 1.05. The van der Waals surface area contributed by atoms with Gasteiger partial charge in [-0.1, -0.05) is 30.3 Å². The zero-order chi connectivity index (χ0) is 13.1. The highest BCUT2D eigenvalue weighted by molar-refractivity contribution is 7.18. The average molecular weight is 267 g/mol. The van der Waals surface area contributed by atoms with Gasteiger partial charge in [0.2, 0.25) is 0 Å². The van der Waals surface area contributed by atoms with Crippen molar-refractivity contribution in [3.63, 3.8) is 0 Å². The van der Waals surface area contributed by atoms with Gasteiger partial charge < -0.3 is 4.74 Å². The van der Waals surface area contributed by atoms with E-state index in [2.05, 4.69) is 29.2 Å². The average Bonchev–Trinajstić information content (AvgIpc) is 2.98. The molecule has 0 aliphatic carbocycles. The number of hydrogen-bond acceptors (Lipinski definition) is 3. The predicted octanol–water partition coefficient (Wildman–Crippen LogP) is 4.49. The Morgan fingerprint density at radius 2 is 1.63 bits per heavy atom. The van der Waals surface area contributed by atoms with Gasteiger partial charge in [0.25, 0.3) is 0 Å². The van der Waals surface area contributed by atoms with Crippen LogP contribution in [0.25, 0.3) is 21.0 Å². The lowest BCUT2D eigenvalue weighted by Gasteiger charge is -2.00. The molecule has 0 saturated heterocycles. The van der Waals surface area contributed by atoms with Gasteiger partial charge in [0.05, 0.1) is 12.0 Å². The minimum atomic E-state index is 0.872. The number of rotatable bonds is 3. The summed E-state index contributed by atoms with van der Waals surface area (Å²) in [6, 6.07) is 18.3. The van der Waals surface area contributed by atoms with Crippen LogP contribution in [0.1, 0.15) is 0 Å². The quantitative estimate of drug-likeness (QED) is 0.697. The summed E-state index contributed by atoms with van der Waals surface area (Å²) in [7, 11) is 1.68. The van der Waals surface area contributed by atoms with Crippen LogP contribution in [0.2, 0.25) is 0 Å². The second-order valence-electron chi connectivity index (χ2n) is 4.12. The minimum absolute atomic E-state index is 0.872. The topological polar surface area (TPSA) is 22.1 Å². The van der Waals surface area contributed by atoms with Crippen molar-refractivity contribution < 1.29 is 4.74 Å². The monoisotopic (exact) mass is 267 g/mol. The maximum absolute atomic E-state index is 5.17. The zero-order valence-electron chi connectivity index (χ0n) is 10.5. The summed E-state index contributed by atoms with van der Waals surface area (Å²) in [6.45, 7) is 0. The fourth-order valence-corrected chi connectivity index (χ4v) is 2.80. The molecule has 0 spiro atoms. The van der Waals surface area contributed by atoms with Crippen molar-refractivity contribution in [3.05, 3.63) is 60.8 Å². The standard InChI is InChI=1S/C16H13NOS/c1-18-14-9-7-12(8-10-14)15-11-17-16(19-15)13-5-3-2-4-6-13/h2-11H,1H3. The lowest BCUT2D eigenvalue weighted by molar-refractivity contribution is 0.415. The Bertz CT molecular complexity index is 659. The van der Waals surface area contributed by atoms with Crippen LogP contribution in [0.3, 0.4) is 0 Å². The smallest absolute Gasteiger partial charge is 0.123 e. The maximum atomic E-state index is 5.17. The molecule has 0 radical (unpaired) electrons. The van der Waals surface area contributed by atoms with E-state index in [0.717, 1.165) is 16.3 Å². The largest absolute Gasteiger partial charge is 0.497 e. The highest BCUT2D eigenvalue weighted by atomic mass is 32.1. The number of benzene rings is 2. The molecule has 2 aromatic carbocycles. The van der Waals surface area contributed by atoms with Gasteiger partial charge >= 0.3 is 0 Å². The second kappa shape index (κ2) is 5.24. The first kappa shape index (κ1) is 11.9.